The fraction of sp³-hybridized carbons (Fsp3) is 0.630. The predicted octanol–water partition coefficient (Wildman–Crippen LogP) is 6.42. The lowest BCUT2D eigenvalue weighted by Gasteiger charge is -2.41. The topological polar surface area (TPSA) is 57.2 Å². The van der Waals surface area contributed by atoms with Crippen molar-refractivity contribution in [1.82, 2.24) is 0 Å². The van der Waals surface area contributed by atoms with E-state index in [9.17, 15) is 0 Å². The van der Waals surface area contributed by atoms with Crippen LogP contribution in [0.15, 0.2) is 54.1 Å². The maximum atomic E-state index is 9.04. The minimum atomic E-state index is -2.07. The van der Waals surface area contributed by atoms with Crippen molar-refractivity contribution < 1.29 is 23.7 Å². The first-order chi connectivity index (χ1) is 15.6. The normalized spacial score (nSPS) is 16.2. The van der Waals surface area contributed by atoms with Crippen LogP contribution in [0.25, 0.3) is 0 Å². The molecule has 0 aliphatic heterocycles. The molecule has 5 nitrogen and oxygen atoms in total. The van der Waals surface area contributed by atoms with Crippen LogP contribution in [-0.2, 0) is 18.6 Å². The molecule has 1 aromatic rings. The quantitative estimate of drug-likeness (QED) is 0.136. The maximum Gasteiger partial charge on any atom is 0.193 e. The lowest BCUT2D eigenvalue weighted by molar-refractivity contribution is -0.0909. The maximum absolute atomic E-state index is 9.04. The van der Waals surface area contributed by atoms with Gasteiger partial charge in [0, 0.05) is 20.8 Å². The van der Waals surface area contributed by atoms with Crippen molar-refractivity contribution in [3.63, 3.8) is 0 Å². The van der Waals surface area contributed by atoms with Gasteiger partial charge in [0.1, 0.15) is 19.0 Å². The zero-order valence-corrected chi connectivity index (χ0v) is 23.0. The molecule has 0 saturated heterocycles. The number of hydrogen-bond acceptors (Lipinski definition) is 5. The molecule has 0 unspecified atom stereocenters. The lowest BCUT2D eigenvalue weighted by Crippen LogP contribution is -2.44. The van der Waals surface area contributed by atoms with Crippen molar-refractivity contribution in [3.05, 3.63) is 59.7 Å². The number of unbranched alkanes of at least 4 members (excludes halogenated alkanes) is 1. The average Bonchev–Trinajstić information content (AvgIpc) is 2.77. The highest BCUT2D eigenvalue weighted by atomic mass is 28.4. The Balaban J connectivity index is 3.19. The summed E-state index contributed by atoms with van der Waals surface area (Å²) in [5.41, 5.74) is 2.23. The molecule has 0 radical (unpaired) electrons. The molecule has 0 bridgehead atoms. The summed E-state index contributed by atoms with van der Waals surface area (Å²) in [6.45, 7) is 13.7. The second-order valence-corrected chi connectivity index (χ2v) is 14.7. The summed E-state index contributed by atoms with van der Waals surface area (Å²) in [4.78, 5) is 0. The molecular weight excluding hydrogens is 432 g/mol. The summed E-state index contributed by atoms with van der Waals surface area (Å²) >= 11 is 0. The van der Waals surface area contributed by atoms with Gasteiger partial charge in [0.2, 0.25) is 0 Å². The number of aliphatic hydroxyl groups is 1. The number of hydrogen-bond donors (Lipinski definition) is 1. The molecule has 0 aliphatic carbocycles. The van der Waals surface area contributed by atoms with Crippen LogP contribution >= 0.6 is 0 Å². The van der Waals surface area contributed by atoms with Crippen LogP contribution < -0.4 is 0 Å². The Morgan fingerprint density at radius 1 is 1.09 bits per heavy atom. The van der Waals surface area contributed by atoms with Gasteiger partial charge in [0.15, 0.2) is 8.32 Å². The summed E-state index contributed by atoms with van der Waals surface area (Å²) in [6, 6.07) is 10.3. The Morgan fingerprint density at radius 3 is 2.30 bits per heavy atom. The predicted molar refractivity (Wildman–Crippen MR) is 139 cm³/mol. The highest BCUT2D eigenvalue weighted by Gasteiger charge is 2.41. The van der Waals surface area contributed by atoms with Gasteiger partial charge in [-0.05, 0) is 55.5 Å². The van der Waals surface area contributed by atoms with Crippen molar-refractivity contribution in [2.24, 2.45) is 0 Å². The molecule has 33 heavy (non-hydrogen) atoms. The first kappa shape index (κ1) is 29.7. The fourth-order valence-electron chi connectivity index (χ4n) is 3.25. The van der Waals surface area contributed by atoms with Gasteiger partial charge >= 0.3 is 0 Å². The van der Waals surface area contributed by atoms with Crippen molar-refractivity contribution in [2.45, 2.75) is 83.4 Å². The van der Waals surface area contributed by atoms with E-state index in [2.05, 4.69) is 59.0 Å². The molecule has 0 fully saturated rings. The second kappa shape index (κ2) is 14.9. The Labute approximate surface area is 202 Å². The van der Waals surface area contributed by atoms with Gasteiger partial charge in [0.05, 0.1) is 6.10 Å². The molecule has 0 amide bonds. The summed E-state index contributed by atoms with van der Waals surface area (Å²) in [5, 5.41) is 9.12. The van der Waals surface area contributed by atoms with Crippen molar-refractivity contribution in [2.75, 3.05) is 27.6 Å². The zero-order valence-electron chi connectivity index (χ0n) is 22.0. The molecule has 0 spiro atoms. The largest absolute Gasteiger partial charge is 0.407 e. The molecule has 0 heterocycles. The third-order valence-corrected chi connectivity index (χ3v) is 10.8. The van der Waals surface area contributed by atoms with Gasteiger partial charge in [-0.2, -0.15) is 0 Å². The fourth-order valence-corrected chi connectivity index (χ4v) is 4.51. The van der Waals surface area contributed by atoms with Crippen LogP contribution in [0, 0.1) is 0 Å². The molecule has 0 aliphatic rings. The van der Waals surface area contributed by atoms with Gasteiger partial charge in [-0.3, -0.25) is 0 Å². The number of methoxy groups -OCH3 is 2. The van der Waals surface area contributed by atoms with Crippen molar-refractivity contribution in [1.29, 1.82) is 0 Å². The Hall–Kier alpha value is -1.28. The second-order valence-electron chi connectivity index (χ2n) is 9.99. The molecule has 1 aromatic carbocycles. The van der Waals surface area contributed by atoms with Gasteiger partial charge < -0.3 is 23.7 Å². The molecule has 6 heteroatoms. The van der Waals surface area contributed by atoms with Crippen molar-refractivity contribution >= 4 is 8.32 Å². The minimum Gasteiger partial charge on any atom is -0.407 e. The van der Waals surface area contributed by atoms with Crippen LogP contribution in [0.5, 0.6) is 0 Å². The first-order valence-electron chi connectivity index (χ1n) is 11.9. The number of ether oxygens (including phenoxy) is 3. The smallest absolute Gasteiger partial charge is 0.193 e. The van der Waals surface area contributed by atoms with Crippen LogP contribution in [0.1, 0.15) is 58.6 Å². The van der Waals surface area contributed by atoms with E-state index in [4.69, 9.17) is 23.7 Å². The summed E-state index contributed by atoms with van der Waals surface area (Å²) in [6.07, 6.45) is 8.25. The highest BCUT2D eigenvalue weighted by Crippen LogP contribution is 2.41. The zero-order chi connectivity index (χ0) is 24.9. The third-order valence-electron chi connectivity index (χ3n) is 6.36. The standard InChI is InChI=1S/C27H46O5Si/c1-22(24(30-6)18-12-13-20-28)15-14-19-25(31-21-29-5)26(23-16-10-9-11-17-23)32-33(7,8)27(2,3)4/h9-11,14-17,19,24-26,28H,12-13,18,20-21H2,1-8H3/b19-14+,22-15+/t24-,25-,26-/m1/s1. The van der Waals surface area contributed by atoms with E-state index in [0.717, 1.165) is 30.4 Å². The number of allylic oxidation sites excluding steroid dienone is 2. The Kier molecular flexibility index (Phi) is 13.4. The number of aliphatic hydroxyl groups excluding tert-OH is 1. The molecular formula is C27H46O5Si. The van der Waals surface area contributed by atoms with E-state index in [1.54, 1.807) is 14.2 Å². The van der Waals surface area contributed by atoms with E-state index < -0.39 is 8.32 Å². The average molecular weight is 479 g/mol. The number of benzene rings is 1. The van der Waals surface area contributed by atoms with Gasteiger partial charge in [-0.1, -0.05) is 69.3 Å². The molecule has 0 aromatic heterocycles. The van der Waals surface area contributed by atoms with E-state index in [1.807, 2.05) is 30.4 Å². The number of rotatable bonds is 15. The van der Waals surface area contributed by atoms with Crippen molar-refractivity contribution in [3.8, 4) is 0 Å². The van der Waals surface area contributed by atoms with Crippen LogP contribution in [0.2, 0.25) is 18.1 Å². The minimum absolute atomic E-state index is 0.0351. The lowest BCUT2D eigenvalue weighted by atomic mass is 10.0. The van der Waals surface area contributed by atoms with E-state index >= 15 is 0 Å². The van der Waals surface area contributed by atoms with E-state index in [-0.39, 0.29) is 36.7 Å². The van der Waals surface area contributed by atoms with E-state index in [1.165, 1.54) is 0 Å². The molecule has 0 saturated carbocycles. The van der Waals surface area contributed by atoms with Gasteiger partial charge in [0.25, 0.3) is 0 Å². The molecule has 1 rings (SSSR count). The van der Waals surface area contributed by atoms with Gasteiger partial charge in [-0.15, -0.1) is 0 Å². The monoisotopic (exact) mass is 478 g/mol. The molecule has 3 atom stereocenters. The van der Waals surface area contributed by atoms with Crippen LogP contribution in [0.4, 0.5) is 0 Å². The molecule has 188 valence electrons. The highest BCUT2D eigenvalue weighted by molar-refractivity contribution is 6.74. The molecule has 1 N–H and O–H groups in total. The summed E-state index contributed by atoms with van der Waals surface area (Å²) in [7, 11) is 1.29. The van der Waals surface area contributed by atoms with E-state index in [0.29, 0.717) is 0 Å². The Bertz CT molecular complexity index is 709. The SMILES string of the molecule is COCO[C@H](/C=C/C=C(\C)[C@@H](CCCCO)OC)[C@H](O[Si](C)(C)C(C)(C)C)c1ccccc1. The van der Waals surface area contributed by atoms with Crippen LogP contribution in [-0.4, -0.2) is 53.3 Å². The first-order valence-corrected chi connectivity index (χ1v) is 14.8. The summed E-state index contributed by atoms with van der Waals surface area (Å²) < 4.78 is 23.9. The Morgan fingerprint density at radius 2 is 1.76 bits per heavy atom. The summed E-state index contributed by atoms with van der Waals surface area (Å²) in [5.74, 6) is 0. The van der Waals surface area contributed by atoms with Gasteiger partial charge in [-0.25, -0.2) is 0 Å². The van der Waals surface area contributed by atoms with Crippen LogP contribution in [0.3, 0.4) is 0 Å². The third kappa shape index (κ3) is 10.2.